The fourth-order valence-corrected chi connectivity index (χ4v) is 2.84. The van der Waals surface area contributed by atoms with Crippen LogP contribution in [0.4, 0.5) is 0 Å². The Labute approximate surface area is 105 Å². The van der Waals surface area contributed by atoms with Gasteiger partial charge in [-0.3, -0.25) is 9.69 Å². The highest BCUT2D eigenvalue weighted by Gasteiger charge is 2.27. The first kappa shape index (κ1) is 12.5. The van der Waals surface area contributed by atoms with Crippen LogP contribution in [-0.4, -0.2) is 59.1 Å². The molecule has 1 saturated heterocycles. The highest BCUT2D eigenvalue weighted by molar-refractivity contribution is 7.09. The first-order chi connectivity index (χ1) is 8.16. The topological polar surface area (TPSA) is 56.7 Å². The van der Waals surface area contributed by atoms with Crippen molar-refractivity contribution in [2.45, 2.75) is 12.5 Å². The fourth-order valence-electron chi connectivity index (χ4n) is 2.07. The summed E-state index contributed by atoms with van der Waals surface area (Å²) >= 11 is 1.54. The monoisotopic (exact) mass is 255 g/mol. The summed E-state index contributed by atoms with van der Waals surface area (Å²) in [5.41, 5.74) is 0. The van der Waals surface area contributed by atoms with Gasteiger partial charge in [0.25, 0.3) is 0 Å². The van der Waals surface area contributed by atoms with Gasteiger partial charge in [0.1, 0.15) is 5.01 Å². The molecule has 5 nitrogen and oxygen atoms in total. The molecule has 1 aliphatic rings. The maximum Gasteiger partial charge on any atom is 0.305 e. The van der Waals surface area contributed by atoms with Crippen molar-refractivity contribution < 1.29 is 9.90 Å². The predicted octanol–water partition coefficient (Wildman–Crippen LogP) is 0.906. The minimum atomic E-state index is -0.760. The van der Waals surface area contributed by atoms with Gasteiger partial charge in [-0.15, -0.1) is 11.3 Å². The second-order valence-electron chi connectivity index (χ2n) is 4.32. The van der Waals surface area contributed by atoms with Crippen LogP contribution in [0.1, 0.15) is 17.5 Å². The minimum absolute atomic E-state index is 0.0683. The van der Waals surface area contributed by atoms with E-state index < -0.39 is 5.97 Å². The molecule has 17 heavy (non-hydrogen) atoms. The molecule has 1 aliphatic heterocycles. The average molecular weight is 255 g/mol. The van der Waals surface area contributed by atoms with Crippen molar-refractivity contribution in [1.29, 1.82) is 0 Å². The van der Waals surface area contributed by atoms with Crippen molar-refractivity contribution in [2.75, 3.05) is 33.2 Å². The van der Waals surface area contributed by atoms with Crippen LogP contribution in [0.5, 0.6) is 0 Å². The van der Waals surface area contributed by atoms with E-state index in [0.29, 0.717) is 0 Å². The Morgan fingerprint density at radius 3 is 2.76 bits per heavy atom. The van der Waals surface area contributed by atoms with Crippen molar-refractivity contribution in [1.82, 2.24) is 14.8 Å². The van der Waals surface area contributed by atoms with Crippen LogP contribution in [0.25, 0.3) is 0 Å². The predicted molar refractivity (Wildman–Crippen MR) is 66.2 cm³/mol. The van der Waals surface area contributed by atoms with Gasteiger partial charge in [-0.05, 0) is 7.05 Å². The second-order valence-corrected chi connectivity index (χ2v) is 5.25. The van der Waals surface area contributed by atoms with E-state index in [0.717, 1.165) is 31.2 Å². The SMILES string of the molecule is CN1CCN(C(CC(=O)O)c2nccs2)CC1. The Balaban J connectivity index is 2.07. The zero-order valence-electron chi connectivity index (χ0n) is 9.87. The molecule has 1 N–H and O–H groups in total. The van der Waals surface area contributed by atoms with Crippen molar-refractivity contribution in [2.24, 2.45) is 0 Å². The van der Waals surface area contributed by atoms with Gasteiger partial charge < -0.3 is 10.0 Å². The standard InChI is InChI=1S/C11H17N3O2S/c1-13-3-5-14(6-4-13)9(8-10(15)16)11-12-2-7-17-11/h2,7,9H,3-6,8H2,1H3,(H,15,16). The first-order valence-corrected chi connectivity index (χ1v) is 6.58. The number of thiazole rings is 1. The summed E-state index contributed by atoms with van der Waals surface area (Å²) in [7, 11) is 2.09. The van der Waals surface area contributed by atoms with Crippen LogP contribution in [0, 0.1) is 0 Å². The summed E-state index contributed by atoms with van der Waals surface area (Å²) in [5, 5.41) is 11.8. The van der Waals surface area contributed by atoms with Crippen LogP contribution in [0.2, 0.25) is 0 Å². The number of carboxylic acid groups (broad SMARTS) is 1. The van der Waals surface area contributed by atoms with Crippen LogP contribution in [0.15, 0.2) is 11.6 Å². The van der Waals surface area contributed by atoms with Gasteiger partial charge in [-0.2, -0.15) is 0 Å². The molecule has 6 heteroatoms. The first-order valence-electron chi connectivity index (χ1n) is 5.70. The van der Waals surface area contributed by atoms with Gasteiger partial charge in [-0.25, -0.2) is 4.98 Å². The molecule has 0 aromatic carbocycles. The molecular formula is C11H17N3O2S. The lowest BCUT2D eigenvalue weighted by Crippen LogP contribution is -2.46. The lowest BCUT2D eigenvalue weighted by atomic mass is 10.1. The highest BCUT2D eigenvalue weighted by Crippen LogP contribution is 2.26. The number of carbonyl (C=O) groups is 1. The fraction of sp³-hybridized carbons (Fsp3) is 0.636. The molecular weight excluding hydrogens is 238 g/mol. The molecule has 1 aromatic rings. The Morgan fingerprint density at radius 1 is 1.53 bits per heavy atom. The van der Waals surface area contributed by atoms with Crippen molar-refractivity contribution in [3.8, 4) is 0 Å². The van der Waals surface area contributed by atoms with Crippen LogP contribution in [0.3, 0.4) is 0 Å². The molecule has 2 heterocycles. The molecule has 0 saturated carbocycles. The van der Waals surface area contributed by atoms with Gasteiger partial charge in [0.2, 0.25) is 0 Å². The molecule has 0 amide bonds. The molecule has 1 unspecified atom stereocenters. The zero-order chi connectivity index (χ0) is 12.3. The zero-order valence-corrected chi connectivity index (χ0v) is 10.7. The van der Waals surface area contributed by atoms with E-state index in [9.17, 15) is 4.79 Å². The number of hydrogen-bond donors (Lipinski definition) is 1. The minimum Gasteiger partial charge on any atom is -0.481 e. The molecule has 0 aliphatic carbocycles. The number of aliphatic carboxylic acids is 1. The summed E-state index contributed by atoms with van der Waals surface area (Å²) in [4.78, 5) is 19.7. The van der Waals surface area contributed by atoms with Gasteiger partial charge in [0, 0.05) is 37.8 Å². The maximum absolute atomic E-state index is 11.0. The molecule has 2 rings (SSSR count). The van der Waals surface area contributed by atoms with E-state index in [1.807, 2.05) is 5.38 Å². The van der Waals surface area contributed by atoms with Crippen LogP contribution < -0.4 is 0 Å². The Kier molecular flexibility index (Phi) is 4.09. The van der Waals surface area contributed by atoms with E-state index in [4.69, 9.17) is 5.11 Å². The third kappa shape index (κ3) is 3.24. The van der Waals surface area contributed by atoms with Gasteiger partial charge in [0.05, 0.1) is 12.5 Å². The third-order valence-corrected chi connectivity index (χ3v) is 3.96. The van der Waals surface area contributed by atoms with E-state index in [-0.39, 0.29) is 12.5 Å². The van der Waals surface area contributed by atoms with Crippen molar-refractivity contribution in [3.63, 3.8) is 0 Å². The molecule has 94 valence electrons. The van der Waals surface area contributed by atoms with Gasteiger partial charge >= 0.3 is 5.97 Å². The number of carboxylic acids is 1. The lowest BCUT2D eigenvalue weighted by molar-refractivity contribution is -0.138. The molecule has 1 atom stereocenters. The number of nitrogens with zero attached hydrogens (tertiary/aromatic N) is 3. The Bertz CT molecular complexity index is 361. The van der Waals surface area contributed by atoms with E-state index in [1.54, 1.807) is 6.20 Å². The summed E-state index contributed by atoms with van der Waals surface area (Å²) in [6.45, 7) is 3.80. The van der Waals surface area contributed by atoms with Crippen LogP contribution in [-0.2, 0) is 4.79 Å². The summed E-state index contributed by atoms with van der Waals surface area (Å²) in [6, 6.07) is -0.0683. The largest absolute Gasteiger partial charge is 0.481 e. The van der Waals surface area contributed by atoms with E-state index in [1.165, 1.54) is 11.3 Å². The summed E-state index contributed by atoms with van der Waals surface area (Å²) in [6.07, 6.45) is 1.88. The Morgan fingerprint density at radius 2 is 2.24 bits per heavy atom. The van der Waals surface area contributed by atoms with Crippen molar-refractivity contribution in [3.05, 3.63) is 16.6 Å². The molecule has 1 aromatic heterocycles. The van der Waals surface area contributed by atoms with Gasteiger partial charge in [0.15, 0.2) is 0 Å². The average Bonchev–Trinajstić information content (AvgIpc) is 2.80. The number of aromatic nitrogens is 1. The molecule has 0 radical (unpaired) electrons. The van der Waals surface area contributed by atoms with Crippen molar-refractivity contribution >= 4 is 17.3 Å². The highest BCUT2D eigenvalue weighted by atomic mass is 32.1. The Hall–Kier alpha value is -0.980. The quantitative estimate of drug-likeness (QED) is 0.866. The summed E-state index contributed by atoms with van der Waals surface area (Å²) < 4.78 is 0. The number of rotatable bonds is 4. The molecule has 1 fully saturated rings. The smallest absolute Gasteiger partial charge is 0.305 e. The van der Waals surface area contributed by atoms with E-state index in [2.05, 4.69) is 21.8 Å². The lowest BCUT2D eigenvalue weighted by Gasteiger charge is -2.36. The third-order valence-electron chi connectivity index (χ3n) is 3.08. The van der Waals surface area contributed by atoms with Crippen LogP contribution >= 0.6 is 11.3 Å². The number of piperazine rings is 1. The van der Waals surface area contributed by atoms with E-state index >= 15 is 0 Å². The second kappa shape index (κ2) is 5.57. The number of likely N-dealkylation sites (N-methyl/N-ethyl adjacent to an activating group) is 1. The molecule has 0 bridgehead atoms. The normalized spacial score (nSPS) is 20.3. The summed E-state index contributed by atoms with van der Waals surface area (Å²) in [5.74, 6) is -0.760. The number of hydrogen-bond acceptors (Lipinski definition) is 5. The van der Waals surface area contributed by atoms with Gasteiger partial charge in [-0.1, -0.05) is 0 Å². The maximum atomic E-state index is 11.0. The molecule has 0 spiro atoms.